The van der Waals surface area contributed by atoms with Gasteiger partial charge in [-0.1, -0.05) is 36.4 Å². The third-order valence-corrected chi connectivity index (χ3v) is 4.57. The first-order chi connectivity index (χ1) is 10.2. The van der Waals surface area contributed by atoms with Crippen molar-refractivity contribution >= 4 is 23.4 Å². The number of hydrogen-bond acceptors (Lipinski definition) is 3. The SMILES string of the molecule is CCNC(C)c1c(OC)cccc1Sc1ccc(Cl)cc1. The van der Waals surface area contributed by atoms with Crippen molar-refractivity contribution in [1.82, 2.24) is 5.32 Å². The fraction of sp³-hybridized carbons (Fsp3) is 0.294. The topological polar surface area (TPSA) is 21.3 Å². The van der Waals surface area contributed by atoms with Crippen LogP contribution in [0.2, 0.25) is 5.02 Å². The van der Waals surface area contributed by atoms with Gasteiger partial charge in [0.05, 0.1) is 7.11 Å². The number of rotatable bonds is 6. The minimum Gasteiger partial charge on any atom is -0.496 e. The summed E-state index contributed by atoms with van der Waals surface area (Å²) in [6.07, 6.45) is 0. The molecule has 4 heteroatoms. The molecule has 2 aromatic rings. The second-order valence-electron chi connectivity index (χ2n) is 4.71. The number of nitrogens with one attached hydrogen (secondary N) is 1. The molecule has 0 bridgehead atoms. The highest BCUT2D eigenvalue weighted by Crippen LogP contribution is 2.38. The third-order valence-electron chi connectivity index (χ3n) is 3.23. The van der Waals surface area contributed by atoms with Gasteiger partial charge in [-0.05, 0) is 49.9 Å². The fourth-order valence-electron chi connectivity index (χ4n) is 2.26. The number of hydrogen-bond donors (Lipinski definition) is 1. The van der Waals surface area contributed by atoms with Gasteiger partial charge in [0.25, 0.3) is 0 Å². The molecular weight excluding hydrogens is 302 g/mol. The molecule has 0 aromatic heterocycles. The van der Waals surface area contributed by atoms with Crippen molar-refractivity contribution < 1.29 is 4.74 Å². The van der Waals surface area contributed by atoms with Crippen molar-refractivity contribution in [2.45, 2.75) is 29.7 Å². The Bertz CT molecular complexity index is 586. The van der Waals surface area contributed by atoms with E-state index in [-0.39, 0.29) is 6.04 Å². The maximum atomic E-state index is 5.95. The summed E-state index contributed by atoms with van der Waals surface area (Å²) >= 11 is 7.67. The number of ether oxygens (including phenoxy) is 1. The number of methoxy groups -OCH3 is 1. The van der Waals surface area contributed by atoms with Crippen LogP contribution in [0.5, 0.6) is 5.75 Å². The van der Waals surface area contributed by atoms with Crippen LogP contribution >= 0.6 is 23.4 Å². The molecule has 21 heavy (non-hydrogen) atoms. The maximum absolute atomic E-state index is 5.95. The van der Waals surface area contributed by atoms with E-state index in [0.29, 0.717) is 0 Å². The van der Waals surface area contributed by atoms with E-state index >= 15 is 0 Å². The minimum absolute atomic E-state index is 0.237. The zero-order valence-corrected chi connectivity index (χ0v) is 14.1. The molecule has 112 valence electrons. The van der Waals surface area contributed by atoms with Gasteiger partial charge in [0.15, 0.2) is 0 Å². The Morgan fingerprint density at radius 3 is 2.52 bits per heavy atom. The van der Waals surface area contributed by atoms with E-state index in [1.54, 1.807) is 18.9 Å². The molecule has 2 rings (SSSR count). The van der Waals surface area contributed by atoms with E-state index in [2.05, 4.69) is 25.2 Å². The maximum Gasteiger partial charge on any atom is 0.124 e. The molecule has 0 aliphatic carbocycles. The second-order valence-corrected chi connectivity index (χ2v) is 6.26. The van der Waals surface area contributed by atoms with Crippen molar-refractivity contribution in [2.24, 2.45) is 0 Å². The highest BCUT2D eigenvalue weighted by molar-refractivity contribution is 7.99. The first-order valence-corrected chi connectivity index (χ1v) is 8.18. The van der Waals surface area contributed by atoms with Crippen molar-refractivity contribution in [3.8, 4) is 5.75 Å². The predicted molar refractivity (Wildman–Crippen MR) is 90.7 cm³/mol. The summed E-state index contributed by atoms with van der Waals surface area (Å²) < 4.78 is 5.54. The second kappa shape index (κ2) is 7.74. The Morgan fingerprint density at radius 2 is 1.90 bits per heavy atom. The Balaban J connectivity index is 2.35. The van der Waals surface area contributed by atoms with Crippen LogP contribution in [0.4, 0.5) is 0 Å². The lowest BCUT2D eigenvalue weighted by atomic mass is 10.1. The summed E-state index contributed by atoms with van der Waals surface area (Å²) in [5.74, 6) is 0.919. The van der Waals surface area contributed by atoms with Crippen molar-refractivity contribution in [2.75, 3.05) is 13.7 Å². The molecule has 0 aliphatic heterocycles. The highest BCUT2D eigenvalue weighted by atomic mass is 35.5. The molecule has 0 saturated heterocycles. The van der Waals surface area contributed by atoms with Gasteiger partial charge in [0.2, 0.25) is 0 Å². The van der Waals surface area contributed by atoms with Crippen LogP contribution < -0.4 is 10.1 Å². The zero-order chi connectivity index (χ0) is 15.2. The Morgan fingerprint density at radius 1 is 1.19 bits per heavy atom. The predicted octanol–water partition coefficient (Wildman–Crippen LogP) is 5.17. The summed E-state index contributed by atoms with van der Waals surface area (Å²) in [4.78, 5) is 2.36. The molecule has 0 spiro atoms. The first-order valence-electron chi connectivity index (χ1n) is 6.99. The van der Waals surface area contributed by atoms with Gasteiger partial charge in [0, 0.05) is 26.4 Å². The highest BCUT2D eigenvalue weighted by Gasteiger charge is 2.16. The smallest absolute Gasteiger partial charge is 0.124 e. The quantitative estimate of drug-likeness (QED) is 0.793. The van der Waals surface area contributed by atoms with Gasteiger partial charge < -0.3 is 10.1 Å². The lowest BCUT2D eigenvalue weighted by Gasteiger charge is -2.20. The summed E-state index contributed by atoms with van der Waals surface area (Å²) in [6.45, 7) is 5.19. The van der Waals surface area contributed by atoms with Gasteiger partial charge in [-0.25, -0.2) is 0 Å². The lowest BCUT2D eigenvalue weighted by molar-refractivity contribution is 0.400. The van der Waals surface area contributed by atoms with E-state index in [0.717, 1.165) is 22.2 Å². The average Bonchev–Trinajstić information content (AvgIpc) is 2.49. The van der Waals surface area contributed by atoms with E-state index < -0.39 is 0 Å². The molecule has 1 N–H and O–H groups in total. The summed E-state index contributed by atoms with van der Waals surface area (Å²) in [5, 5.41) is 4.21. The molecular formula is C17H20ClNOS. The molecule has 0 saturated carbocycles. The van der Waals surface area contributed by atoms with Crippen LogP contribution in [0.1, 0.15) is 25.5 Å². The first kappa shape index (κ1) is 16.2. The molecule has 0 radical (unpaired) electrons. The molecule has 1 unspecified atom stereocenters. The Hall–Kier alpha value is -1.16. The molecule has 2 aromatic carbocycles. The zero-order valence-electron chi connectivity index (χ0n) is 12.5. The van der Waals surface area contributed by atoms with E-state index in [1.165, 1.54) is 10.5 Å². The van der Waals surface area contributed by atoms with Crippen molar-refractivity contribution in [3.63, 3.8) is 0 Å². The molecule has 2 nitrogen and oxygen atoms in total. The van der Waals surface area contributed by atoms with Crippen LogP contribution in [-0.4, -0.2) is 13.7 Å². The van der Waals surface area contributed by atoms with Gasteiger partial charge in [-0.3, -0.25) is 0 Å². The van der Waals surface area contributed by atoms with Gasteiger partial charge in [-0.15, -0.1) is 0 Å². The minimum atomic E-state index is 0.237. The van der Waals surface area contributed by atoms with Crippen LogP contribution in [0.15, 0.2) is 52.3 Å². The third kappa shape index (κ3) is 4.16. The molecule has 1 atom stereocenters. The van der Waals surface area contributed by atoms with E-state index in [4.69, 9.17) is 16.3 Å². The summed E-state index contributed by atoms with van der Waals surface area (Å²) in [7, 11) is 1.72. The largest absolute Gasteiger partial charge is 0.496 e. The average molecular weight is 322 g/mol. The molecule has 0 fully saturated rings. The van der Waals surface area contributed by atoms with E-state index in [9.17, 15) is 0 Å². The van der Waals surface area contributed by atoms with Gasteiger partial charge in [-0.2, -0.15) is 0 Å². The van der Waals surface area contributed by atoms with Crippen LogP contribution in [0.3, 0.4) is 0 Å². The molecule has 0 heterocycles. The number of halogens is 1. The van der Waals surface area contributed by atoms with E-state index in [1.807, 2.05) is 36.4 Å². The van der Waals surface area contributed by atoms with Crippen molar-refractivity contribution in [3.05, 3.63) is 53.1 Å². The van der Waals surface area contributed by atoms with Gasteiger partial charge in [0.1, 0.15) is 5.75 Å². The molecule has 0 amide bonds. The summed E-state index contributed by atoms with van der Waals surface area (Å²) in [6, 6.07) is 14.3. The monoisotopic (exact) mass is 321 g/mol. The Labute approximate surface area is 135 Å². The fourth-order valence-corrected chi connectivity index (χ4v) is 3.44. The van der Waals surface area contributed by atoms with Crippen LogP contribution in [0, 0.1) is 0 Å². The van der Waals surface area contributed by atoms with Gasteiger partial charge >= 0.3 is 0 Å². The number of benzene rings is 2. The van der Waals surface area contributed by atoms with Crippen molar-refractivity contribution in [1.29, 1.82) is 0 Å². The molecule has 0 aliphatic rings. The van der Waals surface area contributed by atoms with Crippen LogP contribution in [0.25, 0.3) is 0 Å². The summed E-state index contributed by atoms with van der Waals surface area (Å²) in [5.41, 5.74) is 1.20. The normalized spacial score (nSPS) is 12.2. The Kier molecular flexibility index (Phi) is 5.97. The lowest BCUT2D eigenvalue weighted by Crippen LogP contribution is -2.19. The van der Waals surface area contributed by atoms with Crippen LogP contribution in [-0.2, 0) is 0 Å². The standard InChI is InChI=1S/C17H20ClNOS/c1-4-19-12(2)17-15(20-3)6-5-7-16(17)21-14-10-8-13(18)9-11-14/h5-12,19H,4H2,1-3H3.